The molecular weight excluding hydrogens is 320 g/mol. The first-order valence-electron chi connectivity index (χ1n) is 6.16. The van der Waals surface area contributed by atoms with E-state index in [0.717, 1.165) is 11.3 Å². The van der Waals surface area contributed by atoms with Gasteiger partial charge < -0.3 is 9.47 Å². The van der Waals surface area contributed by atoms with Crippen LogP contribution in [0, 0.1) is 0 Å². The van der Waals surface area contributed by atoms with E-state index in [9.17, 15) is 0 Å². The molecule has 0 atom stereocenters. The summed E-state index contributed by atoms with van der Waals surface area (Å²) in [5.74, 6) is 1.92. The fourth-order valence-electron chi connectivity index (χ4n) is 2.04. The van der Waals surface area contributed by atoms with Crippen molar-refractivity contribution in [1.29, 1.82) is 0 Å². The number of alkyl halides is 1. The van der Waals surface area contributed by atoms with Crippen LogP contribution in [-0.4, -0.2) is 16.5 Å². The number of benzene rings is 1. The lowest BCUT2D eigenvalue weighted by Gasteiger charge is -2.08. The number of hydrogen-bond donors (Lipinski definition) is 0. The number of halogens is 1. The molecule has 0 N–H and O–H groups in total. The molecule has 0 radical (unpaired) electrons. The Kier molecular flexibility index (Phi) is 3.60. The zero-order chi connectivity index (χ0) is 13.9. The van der Waals surface area contributed by atoms with Crippen LogP contribution in [0.5, 0.6) is 17.4 Å². The van der Waals surface area contributed by atoms with E-state index >= 15 is 0 Å². The molecule has 2 heterocycles. The number of rotatable bonds is 4. The van der Waals surface area contributed by atoms with E-state index in [0.29, 0.717) is 22.7 Å². The Morgan fingerprint density at radius 1 is 1.10 bits per heavy atom. The first-order chi connectivity index (χ1) is 9.83. The Labute approximate surface area is 125 Å². The number of pyridine rings is 1. The van der Waals surface area contributed by atoms with Crippen molar-refractivity contribution in [2.24, 2.45) is 0 Å². The molecule has 0 saturated heterocycles. The molecule has 0 aliphatic rings. The van der Waals surface area contributed by atoms with E-state index in [1.807, 2.05) is 53.1 Å². The molecule has 1 aromatic carbocycles. The molecule has 3 rings (SSSR count). The van der Waals surface area contributed by atoms with Gasteiger partial charge in [0, 0.05) is 11.5 Å². The maximum atomic E-state index is 5.92. The van der Waals surface area contributed by atoms with Crippen LogP contribution >= 0.6 is 15.9 Å². The summed E-state index contributed by atoms with van der Waals surface area (Å²) >= 11 is 3.49. The second-order valence-corrected chi connectivity index (χ2v) is 4.74. The Bertz CT molecular complexity index is 740. The van der Waals surface area contributed by atoms with Crippen LogP contribution in [0.3, 0.4) is 0 Å². The summed E-state index contributed by atoms with van der Waals surface area (Å²) in [5.41, 5.74) is 1.82. The van der Waals surface area contributed by atoms with Crippen molar-refractivity contribution in [2.75, 3.05) is 7.11 Å². The van der Waals surface area contributed by atoms with Gasteiger partial charge in [0.15, 0.2) is 11.5 Å². The summed E-state index contributed by atoms with van der Waals surface area (Å²) in [7, 11) is 1.62. The number of aromatic nitrogens is 2. The van der Waals surface area contributed by atoms with Crippen LogP contribution in [-0.2, 0) is 5.33 Å². The van der Waals surface area contributed by atoms with Crippen LogP contribution in [0.25, 0.3) is 5.65 Å². The van der Waals surface area contributed by atoms with Gasteiger partial charge in [0.2, 0.25) is 5.88 Å². The van der Waals surface area contributed by atoms with Crippen molar-refractivity contribution in [3.63, 3.8) is 0 Å². The van der Waals surface area contributed by atoms with Crippen molar-refractivity contribution in [2.45, 2.75) is 5.33 Å². The number of methoxy groups -OCH3 is 1. The van der Waals surface area contributed by atoms with Crippen molar-refractivity contribution >= 4 is 21.6 Å². The highest BCUT2D eigenvalue weighted by molar-refractivity contribution is 9.08. The fraction of sp³-hybridized carbons (Fsp3) is 0.133. The van der Waals surface area contributed by atoms with Gasteiger partial charge in [-0.3, -0.25) is 4.40 Å². The van der Waals surface area contributed by atoms with Gasteiger partial charge in [-0.05, 0) is 24.3 Å². The molecule has 20 heavy (non-hydrogen) atoms. The number of fused-ring (bicyclic) bond motifs is 1. The summed E-state index contributed by atoms with van der Waals surface area (Å²) < 4.78 is 13.2. The first kappa shape index (κ1) is 13.0. The molecule has 0 fully saturated rings. The van der Waals surface area contributed by atoms with Crippen molar-refractivity contribution in [3.8, 4) is 17.4 Å². The monoisotopic (exact) mass is 332 g/mol. The maximum Gasteiger partial charge on any atom is 0.242 e. The Balaban J connectivity index is 2.06. The SMILES string of the molecule is COc1ccccc1Oc1nc2ccccn2c1CBr. The minimum Gasteiger partial charge on any atom is -0.493 e. The third kappa shape index (κ3) is 2.25. The predicted molar refractivity (Wildman–Crippen MR) is 80.9 cm³/mol. The van der Waals surface area contributed by atoms with Gasteiger partial charge in [-0.1, -0.05) is 34.1 Å². The third-order valence-electron chi connectivity index (χ3n) is 2.99. The second-order valence-electron chi connectivity index (χ2n) is 4.18. The molecule has 4 nitrogen and oxygen atoms in total. The van der Waals surface area contributed by atoms with Gasteiger partial charge in [0.25, 0.3) is 0 Å². The largest absolute Gasteiger partial charge is 0.493 e. The lowest BCUT2D eigenvalue weighted by Crippen LogP contribution is -1.93. The average Bonchev–Trinajstić information content (AvgIpc) is 2.85. The molecule has 0 bridgehead atoms. The molecule has 0 saturated carbocycles. The van der Waals surface area contributed by atoms with Gasteiger partial charge in [0.1, 0.15) is 5.65 Å². The van der Waals surface area contributed by atoms with E-state index in [1.165, 1.54) is 0 Å². The van der Waals surface area contributed by atoms with Crippen LogP contribution in [0.4, 0.5) is 0 Å². The Morgan fingerprint density at radius 2 is 1.85 bits per heavy atom. The van der Waals surface area contributed by atoms with Crippen LogP contribution < -0.4 is 9.47 Å². The summed E-state index contributed by atoms with van der Waals surface area (Å²) in [6, 6.07) is 13.4. The van der Waals surface area contributed by atoms with Gasteiger partial charge in [0.05, 0.1) is 12.8 Å². The first-order valence-corrected chi connectivity index (χ1v) is 7.28. The normalized spacial score (nSPS) is 10.7. The molecule has 0 amide bonds. The van der Waals surface area contributed by atoms with Crippen molar-refractivity contribution < 1.29 is 9.47 Å². The van der Waals surface area contributed by atoms with Gasteiger partial charge >= 0.3 is 0 Å². The molecule has 0 aliphatic carbocycles. The smallest absolute Gasteiger partial charge is 0.242 e. The second kappa shape index (κ2) is 5.54. The Hall–Kier alpha value is -2.01. The zero-order valence-corrected chi connectivity index (χ0v) is 12.5. The fourth-order valence-corrected chi connectivity index (χ4v) is 2.55. The highest BCUT2D eigenvalue weighted by Gasteiger charge is 2.14. The average molecular weight is 333 g/mol. The predicted octanol–water partition coefficient (Wildman–Crippen LogP) is 4.03. The van der Waals surface area contributed by atoms with Crippen molar-refractivity contribution in [1.82, 2.24) is 9.38 Å². The van der Waals surface area contributed by atoms with Crippen molar-refractivity contribution in [3.05, 3.63) is 54.4 Å². The van der Waals surface area contributed by atoms with Crippen LogP contribution in [0.2, 0.25) is 0 Å². The highest BCUT2D eigenvalue weighted by Crippen LogP contribution is 2.33. The Morgan fingerprint density at radius 3 is 2.60 bits per heavy atom. The number of para-hydroxylation sites is 2. The standard InChI is InChI=1S/C15H13BrN2O2/c1-19-12-6-2-3-7-13(12)20-15-11(10-16)18-9-5-4-8-14(18)17-15/h2-9H,10H2,1H3. The third-order valence-corrected chi connectivity index (χ3v) is 3.53. The zero-order valence-electron chi connectivity index (χ0n) is 10.9. The minimum atomic E-state index is 0.581. The van der Waals surface area contributed by atoms with Crippen LogP contribution in [0.1, 0.15) is 5.69 Å². The molecule has 0 aliphatic heterocycles. The molecule has 102 valence electrons. The summed E-state index contributed by atoms with van der Waals surface area (Å²) in [6.07, 6.45) is 1.97. The summed E-state index contributed by atoms with van der Waals surface area (Å²) in [4.78, 5) is 4.51. The van der Waals surface area contributed by atoms with Gasteiger partial charge in [-0.15, -0.1) is 0 Å². The summed E-state index contributed by atoms with van der Waals surface area (Å²) in [6.45, 7) is 0. The number of ether oxygens (including phenoxy) is 2. The van der Waals surface area contributed by atoms with E-state index < -0.39 is 0 Å². The lowest BCUT2D eigenvalue weighted by atomic mass is 10.3. The summed E-state index contributed by atoms with van der Waals surface area (Å²) in [5, 5.41) is 0.655. The number of nitrogens with zero attached hydrogens (tertiary/aromatic N) is 2. The van der Waals surface area contributed by atoms with Crippen LogP contribution in [0.15, 0.2) is 48.7 Å². The molecule has 0 spiro atoms. The molecule has 3 aromatic rings. The lowest BCUT2D eigenvalue weighted by molar-refractivity contribution is 0.374. The molecule has 0 unspecified atom stereocenters. The number of imidazole rings is 1. The van der Waals surface area contributed by atoms with E-state index in [1.54, 1.807) is 7.11 Å². The van der Waals surface area contributed by atoms with Gasteiger partial charge in [-0.25, -0.2) is 0 Å². The van der Waals surface area contributed by atoms with E-state index in [4.69, 9.17) is 9.47 Å². The quantitative estimate of drug-likeness (QED) is 0.676. The molecular formula is C15H13BrN2O2. The van der Waals surface area contributed by atoms with E-state index in [2.05, 4.69) is 20.9 Å². The maximum absolute atomic E-state index is 5.92. The molecule has 5 heteroatoms. The number of hydrogen-bond acceptors (Lipinski definition) is 3. The minimum absolute atomic E-state index is 0.581. The van der Waals surface area contributed by atoms with Gasteiger partial charge in [-0.2, -0.15) is 4.98 Å². The topological polar surface area (TPSA) is 35.8 Å². The van der Waals surface area contributed by atoms with E-state index in [-0.39, 0.29) is 0 Å². The molecule has 2 aromatic heterocycles. The highest BCUT2D eigenvalue weighted by atomic mass is 79.9.